The highest BCUT2D eigenvalue weighted by Crippen LogP contribution is 2.10. The van der Waals surface area contributed by atoms with Gasteiger partial charge in [-0.05, 0) is 12.8 Å². The summed E-state index contributed by atoms with van der Waals surface area (Å²) in [6, 6.07) is 0. The van der Waals surface area contributed by atoms with Gasteiger partial charge in [0, 0.05) is 32.8 Å². The monoisotopic (exact) mass is 262 g/mol. The van der Waals surface area contributed by atoms with Gasteiger partial charge in [-0.1, -0.05) is 13.8 Å². The molecule has 2 aromatic heterocycles. The van der Waals surface area contributed by atoms with E-state index in [0.29, 0.717) is 5.92 Å². The summed E-state index contributed by atoms with van der Waals surface area (Å²) < 4.78 is 3.86. The lowest BCUT2D eigenvalue weighted by atomic mass is 10.2. The number of anilines is 1. The van der Waals surface area contributed by atoms with Gasteiger partial charge in [-0.2, -0.15) is 5.10 Å². The highest BCUT2D eigenvalue weighted by atomic mass is 15.3. The maximum absolute atomic E-state index is 4.51. The maximum Gasteiger partial charge on any atom is 0.203 e. The molecular weight excluding hydrogens is 240 g/mol. The minimum atomic E-state index is 0.600. The smallest absolute Gasteiger partial charge is 0.203 e. The van der Waals surface area contributed by atoms with Crippen molar-refractivity contribution in [3.63, 3.8) is 0 Å². The van der Waals surface area contributed by atoms with Crippen LogP contribution in [-0.2, 0) is 20.0 Å². The summed E-state index contributed by atoms with van der Waals surface area (Å²) in [6.45, 7) is 8.15. The molecule has 2 rings (SSSR count). The van der Waals surface area contributed by atoms with E-state index >= 15 is 0 Å². The molecule has 0 spiro atoms. The van der Waals surface area contributed by atoms with E-state index in [2.05, 4.69) is 45.0 Å². The molecule has 0 aliphatic heterocycles. The van der Waals surface area contributed by atoms with Crippen LogP contribution in [0.15, 0.2) is 12.5 Å². The van der Waals surface area contributed by atoms with Crippen LogP contribution in [0.25, 0.3) is 0 Å². The molecule has 19 heavy (non-hydrogen) atoms. The molecule has 0 unspecified atom stereocenters. The summed E-state index contributed by atoms with van der Waals surface area (Å²) in [6.07, 6.45) is 4.60. The first kappa shape index (κ1) is 13.6. The van der Waals surface area contributed by atoms with E-state index in [1.165, 1.54) is 0 Å². The Balaban J connectivity index is 1.98. The lowest BCUT2D eigenvalue weighted by Gasteiger charge is -2.10. The SMILES string of the molecule is Cc1cn(CCc2ncn(C)n2)c(NCC(C)C)n1. The van der Waals surface area contributed by atoms with E-state index < -0.39 is 0 Å². The Labute approximate surface area is 113 Å². The summed E-state index contributed by atoms with van der Waals surface area (Å²) in [4.78, 5) is 8.75. The average Bonchev–Trinajstić information content (AvgIpc) is 2.90. The third-order valence-corrected chi connectivity index (χ3v) is 2.79. The zero-order valence-corrected chi connectivity index (χ0v) is 12.1. The van der Waals surface area contributed by atoms with Gasteiger partial charge in [0.25, 0.3) is 0 Å². The Morgan fingerprint density at radius 3 is 2.79 bits per heavy atom. The van der Waals surface area contributed by atoms with Crippen LogP contribution in [0.2, 0.25) is 0 Å². The molecule has 6 nitrogen and oxygen atoms in total. The molecule has 0 aliphatic carbocycles. The number of rotatable bonds is 6. The van der Waals surface area contributed by atoms with Crippen molar-refractivity contribution in [3.8, 4) is 0 Å². The fraction of sp³-hybridized carbons (Fsp3) is 0.615. The molecule has 0 bridgehead atoms. The third kappa shape index (κ3) is 3.81. The van der Waals surface area contributed by atoms with Crippen LogP contribution in [-0.4, -0.2) is 30.9 Å². The summed E-state index contributed by atoms with van der Waals surface area (Å²) in [5, 5.41) is 7.67. The van der Waals surface area contributed by atoms with Crippen LogP contribution in [0, 0.1) is 12.8 Å². The molecule has 0 fully saturated rings. The van der Waals surface area contributed by atoms with Crippen molar-refractivity contribution < 1.29 is 0 Å². The number of nitrogens with one attached hydrogen (secondary N) is 1. The molecule has 1 N–H and O–H groups in total. The minimum absolute atomic E-state index is 0.600. The van der Waals surface area contributed by atoms with Gasteiger partial charge in [-0.15, -0.1) is 0 Å². The Morgan fingerprint density at radius 2 is 2.16 bits per heavy atom. The molecule has 0 amide bonds. The fourth-order valence-electron chi connectivity index (χ4n) is 1.87. The van der Waals surface area contributed by atoms with Gasteiger partial charge in [0.15, 0.2) is 5.82 Å². The van der Waals surface area contributed by atoms with E-state index in [0.717, 1.165) is 37.0 Å². The average molecular weight is 262 g/mol. The number of aromatic nitrogens is 5. The quantitative estimate of drug-likeness (QED) is 0.859. The summed E-state index contributed by atoms with van der Waals surface area (Å²) >= 11 is 0. The largest absolute Gasteiger partial charge is 0.355 e. The fourth-order valence-corrected chi connectivity index (χ4v) is 1.87. The Morgan fingerprint density at radius 1 is 1.37 bits per heavy atom. The van der Waals surface area contributed by atoms with Crippen LogP contribution in [0.4, 0.5) is 5.95 Å². The van der Waals surface area contributed by atoms with Gasteiger partial charge in [0.05, 0.1) is 5.69 Å². The summed E-state index contributed by atoms with van der Waals surface area (Å²) in [5.41, 5.74) is 1.03. The molecule has 0 atom stereocenters. The normalized spacial score (nSPS) is 11.2. The molecule has 6 heteroatoms. The molecule has 0 saturated heterocycles. The summed E-state index contributed by atoms with van der Waals surface area (Å²) in [5.74, 6) is 2.40. The van der Waals surface area contributed by atoms with Crippen molar-refractivity contribution in [2.45, 2.75) is 33.7 Å². The molecule has 2 aromatic rings. The predicted octanol–water partition coefficient (Wildman–Crippen LogP) is 1.63. The highest BCUT2D eigenvalue weighted by Gasteiger charge is 2.07. The van der Waals surface area contributed by atoms with Crippen LogP contribution in [0.3, 0.4) is 0 Å². The van der Waals surface area contributed by atoms with Crippen molar-refractivity contribution in [1.29, 1.82) is 0 Å². The molecule has 0 aromatic carbocycles. The van der Waals surface area contributed by atoms with Gasteiger partial charge in [-0.3, -0.25) is 4.68 Å². The van der Waals surface area contributed by atoms with Crippen molar-refractivity contribution in [2.24, 2.45) is 13.0 Å². The van der Waals surface area contributed by atoms with E-state index in [9.17, 15) is 0 Å². The first-order valence-corrected chi connectivity index (χ1v) is 6.66. The predicted molar refractivity (Wildman–Crippen MR) is 75.0 cm³/mol. The van der Waals surface area contributed by atoms with Crippen LogP contribution >= 0.6 is 0 Å². The van der Waals surface area contributed by atoms with Crippen molar-refractivity contribution >= 4 is 5.95 Å². The van der Waals surface area contributed by atoms with Crippen LogP contribution in [0.5, 0.6) is 0 Å². The second kappa shape index (κ2) is 5.86. The van der Waals surface area contributed by atoms with Gasteiger partial charge < -0.3 is 9.88 Å². The zero-order chi connectivity index (χ0) is 13.8. The Bertz CT molecular complexity index is 525. The molecule has 2 heterocycles. The van der Waals surface area contributed by atoms with Crippen LogP contribution in [0.1, 0.15) is 25.4 Å². The number of aryl methyl sites for hydroxylation is 4. The number of nitrogens with zero attached hydrogens (tertiary/aromatic N) is 5. The second-order valence-electron chi connectivity index (χ2n) is 5.26. The maximum atomic E-state index is 4.51. The first-order valence-electron chi connectivity index (χ1n) is 6.66. The topological polar surface area (TPSA) is 60.6 Å². The lowest BCUT2D eigenvalue weighted by molar-refractivity contribution is 0.645. The first-order chi connectivity index (χ1) is 9.04. The van der Waals surface area contributed by atoms with E-state index in [1.54, 1.807) is 11.0 Å². The second-order valence-corrected chi connectivity index (χ2v) is 5.26. The Kier molecular flexibility index (Phi) is 4.19. The molecule has 0 saturated carbocycles. The van der Waals surface area contributed by atoms with Gasteiger partial charge in [0.2, 0.25) is 5.95 Å². The highest BCUT2D eigenvalue weighted by molar-refractivity contribution is 5.28. The standard InChI is InChI=1S/C13H22N6/c1-10(2)7-14-13-16-11(3)8-19(13)6-5-12-15-9-18(4)17-12/h8-10H,5-7H2,1-4H3,(H,14,16). The molecule has 0 aliphatic rings. The van der Waals surface area contributed by atoms with Crippen molar-refractivity contribution in [3.05, 3.63) is 24.0 Å². The molecule has 104 valence electrons. The van der Waals surface area contributed by atoms with Gasteiger partial charge in [-0.25, -0.2) is 9.97 Å². The zero-order valence-electron chi connectivity index (χ0n) is 12.1. The molecule has 0 radical (unpaired) electrons. The van der Waals surface area contributed by atoms with E-state index in [-0.39, 0.29) is 0 Å². The Hall–Kier alpha value is -1.85. The minimum Gasteiger partial charge on any atom is -0.355 e. The summed E-state index contributed by atoms with van der Waals surface area (Å²) in [7, 11) is 1.88. The third-order valence-electron chi connectivity index (χ3n) is 2.79. The van der Waals surface area contributed by atoms with E-state index in [4.69, 9.17) is 0 Å². The van der Waals surface area contributed by atoms with Gasteiger partial charge in [0.1, 0.15) is 6.33 Å². The van der Waals surface area contributed by atoms with Crippen molar-refractivity contribution in [1.82, 2.24) is 24.3 Å². The van der Waals surface area contributed by atoms with E-state index in [1.807, 2.05) is 14.0 Å². The number of imidazole rings is 1. The number of hydrogen-bond donors (Lipinski definition) is 1. The van der Waals surface area contributed by atoms with Crippen molar-refractivity contribution in [2.75, 3.05) is 11.9 Å². The van der Waals surface area contributed by atoms with Crippen LogP contribution < -0.4 is 5.32 Å². The molecular formula is C13H22N6. The number of hydrogen-bond acceptors (Lipinski definition) is 4. The van der Waals surface area contributed by atoms with Gasteiger partial charge >= 0.3 is 0 Å². The lowest BCUT2D eigenvalue weighted by Crippen LogP contribution is -2.13.